The quantitative estimate of drug-likeness (QED) is 0.440. The van der Waals surface area contributed by atoms with Crippen molar-refractivity contribution in [2.45, 2.75) is 44.8 Å². The van der Waals surface area contributed by atoms with Crippen LogP contribution in [0.15, 0.2) is 36.7 Å². The fourth-order valence-corrected chi connectivity index (χ4v) is 5.24. The van der Waals surface area contributed by atoms with E-state index in [1.807, 2.05) is 6.07 Å². The lowest BCUT2D eigenvalue weighted by atomic mass is 9.74. The number of amides is 1. The van der Waals surface area contributed by atoms with Crippen LogP contribution in [0.2, 0.25) is 0 Å². The lowest BCUT2D eigenvalue weighted by molar-refractivity contribution is -0.180. The van der Waals surface area contributed by atoms with Gasteiger partial charge in [0.05, 0.1) is 48.6 Å². The van der Waals surface area contributed by atoms with Gasteiger partial charge in [0.15, 0.2) is 11.6 Å². The number of carbonyl (C=O) groups is 1. The van der Waals surface area contributed by atoms with Crippen molar-refractivity contribution in [2.75, 3.05) is 25.6 Å². The van der Waals surface area contributed by atoms with E-state index in [1.165, 1.54) is 13.2 Å². The summed E-state index contributed by atoms with van der Waals surface area (Å²) in [6, 6.07) is 6.63. The van der Waals surface area contributed by atoms with E-state index < -0.39 is 5.82 Å². The maximum Gasteiger partial charge on any atom is 0.255 e. The molecule has 1 amide bonds. The number of hydrogen-bond acceptors (Lipinski definition) is 6. The van der Waals surface area contributed by atoms with Crippen molar-refractivity contribution in [2.24, 2.45) is 5.41 Å². The highest BCUT2D eigenvalue weighted by Crippen LogP contribution is 2.49. The summed E-state index contributed by atoms with van der Waals surface area (Å²) in [5.74, 6) is 0.200. The summed E-state index contributed by atoms with van der Waals surface area (Å²) < 4.78 is 31.7. The first-order valence-electron chi connectivity index (χ1n) is 12.2. The zero-order valence-corrected chi connectivity index (χ0v) is 20.5. The molecule has 6 rings (SSSR count). The highest BCUT2D eigenvalue weighted by atomic mass is 19.1. The molecule has 2 aliphatic heterocycles. The van der Waals surface area contributed by atoms with E-state index in [4.69, 9.17) is 14.2 Å². The number of nitrogens with zero attached hydrogens (tertiary/aromatic N) is 1. The summed E-state index contributed by atoms with van der Waals surface area (Å²) in [6.07, 6.45) is 5.27. The molecule has 8 nitrogen and oxygen atoms in total. The van der Waals surface area contributed by atoms with E-state index in [0.29, 0.717) is 41.6 Å². The molecule has 3 N–H and O–H groups in total. The van der Waals surface area contributed by atoms with Crippen LogP contribution in [0.1, 0.15) is 48.7 Å². The fraction of sp³-hybridized carbons (Fsp3) is 0.407. The average Bonchev–Trinajstić information content (AvgIpc) is 3.19. The number of para-hydroxylation sites is 1. The Morgan fingerprint density at radius 2 is 2.14 bits per heavy atom. The molecule has 1 saturated carbocycles. The fourth-order valence-electron chi connectivity index (χ4n) is 5.24. The predicted molar refractivity (Wildman–Crippen MR) is 133 cm³/mol. The number of fused-ring (bicyclic) bond motifs is 3. The van der Waals surface area contributed by atoms with E-state index in [2.05, 4.69) is 34.4 Å². The second-order valence-electron chi connectivity index (χ2n) is 10.3. The number of benzene rings is 1. The van der Waals surface area contributed by atoms with E-state index in [9.17, 15) is 9.18 Å². The zero-order valence-electron chi connectivity index (χ0n) is 20.5. The van der Waals surface area contributed by atoms with Gasteiger partial charge in [-0.05, 0) is 31.0 Å². The van der Waals surface area contributed by atoms with Gasteiger partial charge >= 0.3 is 0 Å². The average molecular weight is 493 g/mol. The standard InChI is InChI=1S/C27H29FN4O4/c1-27(2)13-36-20(27)12-35-19-11-29-10-9-15(19)23-24(30-18-6-4-5-16(28)25(18)34-3)21-22(32-23)14-7-8-17(14)31-26(21)33/h4-6,9-11,14,17,20,30,32H,7-8,12-13H2,1-3H3,(H,31,33)/t14-,17+,20+/m0/s1. The largest absolute Gasteiger partial charge is 0.492 e. The van der Waals surface area contributed by atoms with Crippen LogP contribution in [0, 0.1) is 11.2 Å². The summed E-state index contributed by atoms with van der Waals surface area (Å²) >= 11 is 0. The molecule has 3 aromatic rings. The predicted octanol–water partition coefficient (Wildman–Crippen LogP) is 4.76. The topological polar surface area (TPSA) is 97.5 Å². The Morgan fingerprint density at radius 3 is 2.83 bits per heavy atom. The van der Waals surface area contributed by atoms with Gasteiger partial charge in [0, 0.05) is 34.8 Å². The van der Waals surface area contributed by atoms with Gasteiger partial charge in [0.1, 0.15) is 12.4 Å². The number of hydrogen-bond donors (Lipinski definition) is 3. The van der Waals surface area contributed by atoms with Gasteiger partial charge in [-0.25, -0.2) is 4.39 Å². The molecule has 3 aliphatic rings. The van der Waals surface area contributed by atoms with E-state index in [0.717, 1.165) is 24.1 Å². The van der Waals surface area contributed by atoms with Crippen LogP contribution in [0.5, 0.6) is 11.5 Å². The van der Waals surface area contributed by atoms with Crippen molar-refractivity contribution in [3.63, 3.8) is 0 Å². The Morgan fingerprint density at radius 1 is 1.28 bits per heavy atom. The maximum absolute atomic E-state index is 14.5. The molecule has 0 bridgehead atoms. The third kappa shape index (κ3) is 3.61. The van der Waals surface area contributed by atoms with E-state index in [-0.39, 0.29) is 35.1 Å². The van der Waals surface area contributed by atoms with Crippen LogP contribution in [-0.2, 0) is 4.74 Å². The Balaban J connectivity index is 1.44. The lowest BCUT2D eigenvalue weighted by Crippen LogP contribution is -2.50. The minimum absolute atomic E-state index is 0.0157. The highest BCUT2D eigenvalue weighted by molar-refractivity contribution is 6.07. The normalized spacial score (nSPS) is 23.4. The van der Waals surface area contributed by atoms with Crippen LogP contribution < -0.4 is 20.1 Å². The number of ether oxygens (including phenoxy) is 3. The molecule has 2 fully saturated rings. The molecule has 4 heterocycles. The van der Waals surface area contributed by atoms with E-state index >= 15 is 0 Å². The number of H-pyrrole nitrogens is 1. The summed E-state index contributed by atoms with van der Waals surface area (Å²) in [6.45, 7) is 5.38. The Labute approximate surface area is 208 Å². The number of aromatic nitrogens is 2. The first-order chi connectivity index (χ1) is 17.4. The van der Waals surface area contributed by atoms with Gasteiger partial charge in [-0.3, -0.25) is 9.78 Å². The number of pyridine rings is 1. The molecule has 9 heteroatoms. The second kappa shape index (κ2) is 8.51. The molecule has 2 aromatic heterocycles. The molecular formula is C27H29FN4O4. The molecule has 36 heavy (non-hydrogen) atoms. The van der Waals surface area contributed by atoms with Crippen molar-refractivity contribution >= 4 is 17.3 Å². The molecule has 1 aromatic carbocycles. The molecule has 3 atom stereocenters. The molecule has 0 unspecified atom stereocenters. The molecule has 1 aliphatic carbocycles. The number of methoxy groups -OCH3 is 1. The monoisotopic (exact) mass is 492 g/mol. The summed E-state index contributed by atoms with van der Waals surface area (Å²) in [5, 5.41) is 6.42. The summed E-state index contributed by atoms with van der Waals surface area (Å²) in [5.41, 5.74) is 3.86. The Kier molecular flexibility index (Phi) is 5.40. The van der Waals surface area contributed by atoms with Crippen LogP contribution in [0.25, 0.3) is 11.3 Å². The summed E-state index contributed by atoms with van der Waals surface area (Å²) in [4.78, 5) is 21.0. The minimum atomic E-state index is -0.493. The molecule has 0 radical (unpaired) electrons. The van der Waals surface area contributed by atoms with Gasteiger partial charge in [-0.2, -0.15) is 0 Å². The number of carbonyl (C=O) groups excluding carboxylic acids is 1. The van der Waals surface area contributed by atoms with Crippen LogP contribution in [-0.4, -0.2) is 48.3 Å². The molecule has 0 spiro atoms. The van der Waals surface area contributed by atoms with Crippen molar-refractivity contribution < 1.29 is 23.4 Å². The minimum Gasteiger partial charge on any atom is -0.492 e. The number of aromatic amines is 1. The Bertz CT molecular complexity index is 1340. The first-order valence-corrected chi connectivity index (χ1v) is 12.2. The van der Waals surface area contributed by atoms with Gasteiger partial charge in [0.2, 0.25) is 0 Å². The number of anilines is 2. The van der Waals surface area contributed by atoms with Crippen molar-refractivity contribution in [3.8, 4) is 22.8 Å². The first kappa shape index (κ1) is 22.8. The van der Waals surface area contributed by atoms with Crippen LogP contribution in [0.4, 0.5) is 15.8 Å². The Hall–Kier alpha value is -3.59. The van der Waals surface area contributed by atoms with Crippen molar-refractivity contribution in [3.05, 3.63) is 53.7 Å². The maximum atomic E-state index is 14.5. The van der Waals surface area contributed by atoms with Gasteiger partial charge < -0.3 is 29.8 Å². The molecule has 188 valence electrons. The molecular weight excluding hydrogens is 463 g/mol. The van der Waals surface area contributed by atoms with Gasteiger partial charge in [-0.15, -0.1) is 0 Å². The number of rotatable bonds is 7. The van der Waals surface area contributed by atoms with Crippen LogP contribution >= 0.6 is 0 Å². The number of halogens is 1. The highest BCUT2D eigenvalue weighted by Gasteiger charge is 2.44. The van der Waals surface area contributed by atoms with Crippen LogP contribution in [0.3, 0.4) is 0 Å². The third-order valence-corrected chi connectivity index (χ3v) is 7.62. The third-order valence-electron chi connectivity index (χ3n) is 7.62. The van der Waals surface area contributed by atoms with E-state index in [1.54, 1.807) is 24.5 Å². The smallest absolute Gasteiger partial charge is 0.255 e. The van der Waals surface area contributed by atoms with Crippen molar-refractivity contribution in [1.29, 1.82) is 0 Å². The molecule has 1 saturated heterocycles. The van der Waals surface area contributed by atoms with Gasteiger partial charge in [-0.1, -0.05) is 19.9 Å². The summed E-state index contributed by atoms with van der Waals surface area (Å²) in [7, 11) is 1.42. The van der Waals surface area contributed by atoms with Crippen molar-refractivity contribution in [1.82, 2.24) is 15.3 Å². The SMILES string of the molecule is COc1c(F)cccc1Nc1c(-c2ccncc2OC[C@H]2OCC2(C)C)[nH]c2c1C(=O)N[C@@H]1CC[C@H]21. The second-order valence-corrected chi connectivity index (χ2v) is 10.3. The van der Waals surface area contributed by atoms with Gasteiger partial charge in [0.25, 0.3) is 5.91 Å². The number of nitrogens with one attached hydrogen (secondary N) is 3. The lowest BCUT2D eigenvalue weighted by Gasteiger charge is -2.43. The zero-order chi connectivity index (χ0) is 25.0.